The number of aliphatic hydroxyl groups is 2. The van der Waals surface area contributed by atoms with Crippen LogP contribution in [0.5, 0.6) is 0 Å². The van der Waals surface area contributed by atoms with E-state index in [1.54, 1.807) is 13.8 Å². The van der Waals surface area contributed by atoms with E-state index in [4.69, 9.17) is 5.11 Å². The molecular formula is C15H25N3O3. The molecule has 4 N–H and O–H groups in total. The lowest BCUT2D eigenvalue weighted by Crippen LogP contribution is -2.49. The Morgan fingerprint density at radius 2 is 1.86 bits per heavy atom. The highest BCUT2D eigenvalue weighted by Crippen LogP contribution is 2.19. The van der Waals surface area contributed by atoms with Crippen LogP contribution in [0.15, 0.2) is 24.3 Å². The van der Waals surface area contributed by atoms with E-state index in [0.717, 1.165) is 11.3 Å². The minimum Gasteiger partial charge on any atom is -0.396 e. The highest BCUT2D eigenvalue weighted by molar-refractivity contribution is 5.80. The molecule has 1 atom stereocenters. The lowest BCUT2D eigenvalue weighted by molar-refractivity contribution is -0.138. The van der Waals surface area contributed by atoms with E-state index in [2.05, 4.69) is 10.9 Å². The SMILES string of the molecule is CN(C)c1ccc(CNNC(=O)[C@H](O)C(C)(C)CO)cc1. The number of benzene rings is 1. The number of carbonyl (C=O) groups excluding carboxylic acids is 1. The second kappa shape index (κ2) is 7.40. The summed E-state index contributed by atoms with van der Waals surface area (Å²) in [6, 6.07) is 7.90. The standard InChI is InChI=1S/C15H25N3O3/c1-15(2,10-19)13(20)14(21)17-16-9-11-5-7-12(8-6-11)18(3)4/h5-8,13,16,19-20H,9-10H2,1-4H3,(H,17,21)/t13-/m0/s1. The maximum atomic E-state index is 11.7. The zero-order valence-electron chi connectivity index (χ0n) is 13.1. The fourth-order valence-electron chi connectivity index (χ4n) is 1.66. The average Bonchev–Trinajstić information content (AvgIpc) is 2.46. The number of carbonyl (C=O) groups is 1. The third-order valence-corrected chi connectivity index (χ3v) is 3.35. The number of rotatable bonds is 7. The maximum Gasteiger partial charge on any atom is 0.263 e. The van der Waals surface area contributed by atoms with Crippen molar-refractivity contribution in [1.29, 1.82) is 0 Å². The van der Waals surface area contributed by atoms with Gasteiger partial charge in [-0.25, -0.2) is 5.43 Å². The van der Waals surface area contributed by atoms with Gasteiger partial charge in [0.2, 0.25) is 0 Å². The van der Waals surface area contributed by atoms with Crippen LogP contribution in [-0.4, -0.2) is 42.9 Å². The van der Waals surface area contributed by atoms with Gasteiger partial charge in [0, 0.05) is 31.7 Å². The van der Waals surface area contributed by atoms with Crippen molar-refractivity contribution < 1.29 is 15.0 Å². The normalized spacial score (nSPS) is 12.9. The molecule has 0 aliphatic carbocycles. The predicted molar refractivity (Wildman–Crippen MR) is 82.6 cm³/mol. The summed E-state index contributed by atoms with van der Waals surface area (Å²) < 4.78 is 0. The van der Waals surface area contributed by atoms with Crippen LogP contribution in [0.4, 0.5) is 5.69 Å². The molecule has 6 nitrogen and oxygen atoms in total. The molecule has 1 rings (SSSR count). The zero-order chi connectivity index (χ0) is 16.0. The minimum absolute atomic E-state index is 0.270. The molecule has 1 amide bonds. The van der Waals surface area contributed by atoms with Gasteiger partial charge in [0.25, 0.3) is 5.91 Å². The first-order chi connectivity index (χ1) is 9.77. The van der Waals surface area contributed by atoms with Crippen molar-refractivity contribution in [2.24, 2.45) is 5.41 Å². The summed E-state index contributed by atoms with van der Waals surface area (Å²) in [5.41, 5.74) is 6.46. The lowest BCUT2D eigenvalue weighted by Gasteiger charge is -2.27. The van der Waals surface area contributed by atoms with Crippen LogP contribution in [-0.2, 0) is 11.3 Å². The third-order valence-electron chi connectivity index (χ3n) is 3.35. The molecule has 6 heteroatoms. The molecule has 0 bridgehead atoms. The van der Waals surface area contributed by atoms with Gasteiger partial charge < -0.3 is 15.1 Å². The lowest BCUT2D eigenvalue weighted by atomic mass is 9.87. The number of aliphatic hydroxyl groups excluding tert-OH is 2. The molecule has 0 fully saturated rings. The second-order valence-electron chi connectivity index (χ2n) is 5.95. The molecule has 0 saturated heterocycles. The average molecular weight is 295 g/mol. The third kappa shape index (κ3) is 5.00. The van der Waals surface area contributed by atoms with E-state index in [1.807, 2.05) is 43.3 Å². The summed E-state index contributed by atoms with van der Waals surface area (Å²) in [4.78, 5) is 13.7. The van der Waals surface area contributed by atoms with Gasteiger partial charge in [0.15, 0.2) is 0 Å². The number of nitrogens with zero attached hydrogens (tertiary/aromatic N) is 1. The Morgan fingerprint density at radius 3 is 2.33 bits per heavy atom. The summed E-state index contributed by atoms with van der Waals surface area (Å²) in [7, 11) is 3.94. The van der Waals surface area contributed by atoms with Crippen molar-refractivity contribution in [2.75, 3.05) is 25.6 Å². The van der Waals surface area contributed by atoms with Crippen molar-refractivity contribution >= 4 is 11.6 Å². The number of anilines is 1. The van der Waals surface area contributed by atoms with Crippen molar-refractivity contribution in [3.63, 3.8) is 0 Å². The van der Waals surface area contributed by atoms with Crippen LogP contribution >= 0.6 is 0 Å². The summed E-state index contributed by atoms with van der Waals surface area (Å²) in [6.45, 7) is 3.42. The molecule has 118 valence electrons. The highest BCUT2D eigenvalue weighted by Gasteiger charge is 2.32. The number of hydrazine groups is 1. The Bertz CT molecular complexity index is 458. The van der Waals surface area contributed by atoms with E-state index in [-0.39, 0.29) is 6.61 Å². The summed E-state index contributed by atoms with van der Waals surface area (Å²) >= 11 is 0. The predicted octanol–water partition coefficient (Wildman–Crippen LogP) is 0.253. The van der Waals surface area contributed by atoms with E-state index in [1.165, 1.54) is 0 Å². The molecule has 21 heavy (non-hydrogen) atoms. The van der Waals surface area contributed by atoms with Gasteiger partial charge in [-0.05, 0) is 17.7 Å². The Balaban J connectivity index is 2.44. The van der Waals surface area contributed by atoms with Gasteiger partial charge in [-0.2, -0.15) is 0 Å². The molecule has 1 aromatic carbocycles. The fraction of sp³-hybridized carbons (Fsp3) is 0.533. The van der Waals surface area contributed by atoms with Crippen LogP contribution in [0, 0.1) is 5.41 Å². The van der Waals surface area contributed by atoms with E-state index in [0.29, 0.717) is 6.54 Å². The number of amides is 1. The van der Waals surface area contributed by atoms with Crippen molar-refractivity contribution in [3.05, 3.63) is 29.8 Å². The Hall–Kier alpha value is -1.63. The van der Waals surface area contributed by atoms with Crippen LogP contribution < -0.4 is 15.8 Å². The van der Waals surface area contributed by atoms with E-state index < -0.39 is 17.4 Å². The molecule has 0 aliphatic heterocycles. The molecule has 0 aromatic heterocycles. The van der Waals surface area contributed by atoms with Gasteiger partial charge in [-0.3, -0.25) is 10.2 Å². The molecule has 0 saturated carbocycles. The first-order valence-electron chi connectivity index (χ1n) is 6.86. The quantitative estimate of drug-likeness (QED) is 0.542. The summed E-state index contributed by atoms with van der Waals surface area (Å²) in [5, 5.41) is 18.9. The van der Waals surface area contributed by atoms with Gasteiger partial charge in [-0.1, -0.05) is 26.0 Å². The first-order valence-corrected chi connectivity index (χ1v) is 6.86. The van der Waals surface area contributed by atoms with Gasteiger partial charge in [-0.15, -0.1) is 0 Å². The molecule has 0 aliphatic rings. The number of hydrogen-bond acceptors (Lipinski definition) is 5. The second-order valence-corrected chi connectivity index (χ2v) is 5.95. The molecular weight excluding hydrogens is 270 g/mol. The Labute approximate surface area is 125 Å². The van der Waals surface area contributed by atoms with E-state index in [9.17, 15) is 9.90 Å². The molecule has 0 unspecified atom stereocenters. The van der Waals surface area contributed by atoms with Gasteiger partial charge in [0.1, 0.15) is 6.10 Å². The van der Waals surface area contributed by atoms with Crippen LogP contribution in [0.25, 0.3) is 0 Å². The fourth-order valence-corrected chi connectivity index (χ4v) is 1.66. The van der Waals surface area contributed by atoms with Gasteiger partial charge >= 0.3 is 0 Å². The van der Waals surface area contributed by atoms with Crippen LogP contribution in [0.3, 0.4) is 0 Å². The Morgan fingerprint density at radius 1 is 1.29 bits per heavy atom. The zero-order valence-corrected chi connectivity index (χ0v) is 13.1. The Kier molecular flexibility index (Phi) is 6.14. The smallest absolute Gasteiger partial charge is 0.263 e. The summed E-state index contributed by atoms with van der Waals surface area (Å²) in [5.74, 6) is -0.557. The molecule has 0 spiro atoms. The highest BCUT2D eigenvalue weighted by atomic mass is 16.3. The monoisotopic (exact) mass is 295 g/mol. The minimum atomic E-state index is -1.27. The number of nitrogens with one attached hydrogen (secondary N) is 2. The molecule has 0 radical (unpaired) electrons. The van der Waals surface area contributed by atoms with Crippen LogP contribution in [0.1, 0.15) is 19.4 Å². The maximum absolute atomic E-state index is 11.7. The van der Waals surface area contributed by atoms with Crippen molar-refractivity contribution in [3.8, 4) is 0 Å². The largest absolute Gasteiger partial charge is 0.396 e. The first kappa shape index (κ1) is 17.4. The topological polar surface area (TPSA) is 84.8 Å². The summed E-state index contributed by atoms with van der Waals surface area (Å²) in [6.07, 6.45) is -1.27. The molecule has 0 heterocycles. The number of hydrogen-bond donors (Lipinski definition) is 4. The van der Waals surface area contributed by atoms with Crippen molar-refractivity contribution in [2.45, 2.75) is 26.5 Å². The molecule has 1 aromatic rings. The van der Waals surface area contributed by atoms with E-state index >= 15 is 0 Å². The van der Waals surface area contributed by atoms with Crippen molar-refractivity contribution in [1.82, 2.24) is 10.9 Å². The van der Waals surface area contributed by atoms with Gasteiger partial charge in [0.05, 0.1) is 6.61 Å². The van der Waals surface area contributed by atoms with Crippen LogP contribution in [0.2, 0.25) is 0 Å².